The second-order valence-electron chi connectivity index (χ2n) is 2.36. The monoisotopic (exact) mass is 142 g/mol. The lowest BCUT2D eigenvalue weighted by Gasteiger charge is -2.00. The summed E-state index contributed by atoms with van der Waals surface area (Å²) in [4.78, 5) is 0. The molecule has 0 spiro atoms. The fourth-order valence-electron chi connectivity index (χ4n) is 0.641. The standard InChI is InChI=1S/C9H18O/c1-3-5-7-9-10-8-6-4-2/h7H,1,3-6,8-9H2,2H3. The maximum Gasteiger partial charge on any atom is 0.0497 e. The van der Waals surface area contributed by atoms with Gasteiger partial charge in [0, 0.05) is 13.2 Å². The average molecular weight is 142 g/mol. The van der Waals surface area contributed by atoms with Crippen molar-refractivity contribution in [3.8, 4) is 0 Å². The van der Waals surface area contributed by atoms with Crippen LogP contribution in [0.25, 0.3) is 0 Å². The summed E-state index contributed by atoms with van der Waals surface area (Å²) in [6.07, 6.45) is 6.60. The molecular formula is C9H18O. The van der Waals surface area contributed by atoms with Crippen molar-refractivity contribution in [3.05, 3.63) is 13.3 Å². The highest BCUT2D eigenvalue weighted by Crippen LogP contribution is 1.93. The first-order chi connectivity index (χ1) is 4.91. The van der Waals surface area contributed by atoms with E-state index in [2.05, 4.69) is 20.3 Å². The predicted molar refractivity (Wildman–Crippen MR) is 44.6 cm³/mol. The summed E-state index contributed by atoms with van der Waals surface area (Å²) in [7, 11) is 0. The zero-order valence-electron chi connectivity index (χ0n) is 6.94. The van der Waals surface area contributed by atoms with E-state index in [0.29, 0.717) is 0 Å². The Kier molecular flexibility index (Phi) is 8.92. The van der Waals surface area contributed by atoms with Crippen molar-refractivity contribution in [2.45, 2.75) is 32.6 Å². The van der Waals surface area contributed by atoms with E-state index < -0.39 is 0 Å². The molecule has 0 saturated heterocycles. The molecule has 0 fully saturated rings. The van der Waals surface area contributed by atoms with Gasteiger partial charge in [-0.25, -0.2) is 0 Å². The Labute approximate surface area is 64.8 Å². The number of hydrogen-bond acceptors (Lipinski definition) is 1. The van der Waals surface area contributed by atoms with Crippen molar-refractivity contribution in [2.75, 3.05) is 13.2 Å². The van der Waals surface area contributed by atoms with Crippen LogP contribution in [-0.2, 0) is 4.74 Å². The topological polar surface area (TPSA) is 9.23 Å². The summed E-state index contributed by atoms with van der Waals surface area (Å²) in [6.45, 7) is 7.61. The van der Waals surface area contributed by atoms with Crippen LogP contribution >= 0.6 is 0 Å². The van der Waals surface area contributed by atoms with Gasteiger partial charge in [-0.1, -0.05) is 26.7 Å². The highest BCUT2D eigenvalue weighted by molar-refractivity contribution is 4.63. The Morgan fingerprint density at radius 2 is 2.30 bits per heavy atom. The van der Waals surface area contributed by atoms with Crippen molar-refractivity contribution in [1.82, 2.24) is 0 Å². The molecular weight excluding hydrogens is 124 g/mol. The van der Waals surface area contributed by atoms with Gasteiger partial charge in [0.15, 0.2) is 0 Å². The molecule has 0 aromatic carbocycles. The molecule has 0 heterocycles. The maximum atomic E-state index is 5.29. The minimum Gasteiger partial charge on any atom is -0.381 e. The molecule has 0 atom stereocenters. The highest BCUT2D eigenvalue weighted by Gasteiger charge is 1.86. The van der Waals surface area contributed by atoms with Crippen LogP contribution in [0.15, 0.2) is 0 Å². The molecule has 0 bridgehead atoms. The van der Waals surface area contributed by atoms with Gasteiger partial charge < -0.3 is 4.74 Å². The Hall–Kier alpha value is -0.0400. The SMILES string of the molecule is [CH2]CC[CH]COCCCC. The largest absolute Gasteiger partial charge is 0.381 e. The van der Waals surface area contributed by atoms with Crippen LogP contribution in [0.4, 0.5) is 0 Å². The third-order valence-corrected chi connectivity index (χ3v) is 1.29. The average Bonchev–Trinajstić information content (AvgIpc) is 1.97. The van der Waals surface area contributed by atoms with Crippen molar-refractivity contribution >= 4 is 0 Å². The van der Waals surface area contributed by atoms with Gasteiger partial charge in [0.05, 0.1) is 0 Å². The van der Waals surface area contributed by atoms with Crippen LogP contribution in [0, 0.1) is 13.3 Å². The second-order valence-corrected chi connectivity index (χ2v) is 2.36. The van der Waals surface area contributed by atoms with E-state index in [1.54, 1.807) is 0 Å². The van der Waals surface area contributed by atoms with Crippen molar-refractivity contribution in [1.29, 1.82) is 0 Å². The Morgan fingerprint density at radius 3 is 2.90 bits per heavy atom. The lowest BCUT2D eigenvalue weighted by Crippen LogP contribution is -1.96. The number of rotatable bonds is 7. The van der Waals surface area contributed by atoms with Gasteiger partial charge in [-0.15, -0.1) is 0 Å². The molecule has 0 rings (SSSR count). The van der Waals surface area contributed by atoms with Gasteiger partial charge in [-0.05, 0) is 19.3 Å². The minimum absolute atomic E-state index is 0.801. The third kappa shape index (κ3) is 7.96. The van der Waals surface area contributed by atoms with Crippen LogP contribution in [0.2, 0.25) is 0 Å². The van der Waals surface area contributed by atoms with Gasteiger partial charge in [-0.2, -0.15) is 0 Å². The molecule has 0 aliphatic heterocycles. The predicted octanol–water partition coefficient (Wildman–Crippen LogP) is 2.62. The molecule has 0 amide bonds. The Balaban J connectivity index is 2.65. The smallest absolute Gasteiger partial charge is 0.0497 e. The van der Waals surface area contributed by atoms with E-state index in [0.717, 1.165) is 26.1 Å². The minimum atomic E-state index is 0.801. The van der Waals surface area contributed by atoms with E-state index in [1.807, 2.05) is 0 Å². The number of unbranched alkanes of at least 4 members (excludes halogenated alkanes) is 3. The molecule has 0 unspecified atom stereocenters. The quantitative estimate of drug-likeness (QED) is 0.496. The van der Waals surface area contributed by atoms with Crippen molar-refractivity contribution < 1.29 is 4.74 Å². The molecule has 0 N–H and O–H groups in total. The summed E-state index contributed by atoms with van der Waals surface area (Å²) in [6, 6.07) is 0. The van der Waals surface area contributed by atoms with Crippen LogP contribution < -0.4 is 0 Å². The van der Waals surface area contributed by atoms with Gasteiger partial charge in [-0.3, -0.25) is 0 Å². The second kappa shape index (κ2) is 8.96. The molecule has 2 radical (unpaired) electrons. The molecule has 1 nitrogen and oxygen atoms in total. The fourth-order valence-corrected chi connectivity index (χ4v) is 0.641. The number of ether oxygens (including phenoxy) is 1. The molecule has 0 aliphatic carbocycles. The molecule has 0 aliphatic rings. The van der Waals surface area contributed by atoms with E-state index in [9.17, 15) is 0 Å². The van der Waals surface area contributed by atoms with Crippen LogP contribution in [-0.4, -0.2) is 13.2 Å². The lowest BCUT2D eigenvalue weighted by molar-refractivity contribution is 0.149. The summed E-state index contributed by atoms with van der Waals surface area (Å²) < 4.78 is 5.29. The van der Waals surface area contributed by atoms with E-state index in [4.69, 9.17) is 4.74 Å². The molecule has 10 heavy (non-hydrogen) atoms. The van der Waals surface area contributed by atoms with Crippen LogP contribution in [0.5, 0.6) is 0 Å². The number of hydrogen-bond donors (Lipinski definition) is 0. The maximum absolute atomic E-state index is 5.29. The lowest BCUT2D eigenvalue weighted by atomic mass is 10.3. The van der Waals surface area contributed by atoms with E-state index in [1.165, 1.54) is 12.8 Å². The van der Waals surface area contributed by atoms with Crippen molar-refractivity contribution in [3.63, 3.8) is 0 Å². The molecule has 1 heteroatoms. The summed E-state index contributed by atoms with van der Waals surface area (Å²) in [5.74, 6) is 0. The molecule has 0 aromatic heterocycles. The Bertz CT molecular complexity index is 44.7. The first-order valence-corrected chi connectivity index (χ1v) is 4.10. The summed E-state index contributed by atoms with van der Waals surface area (Å²) in [5.41, 5.74) is 0. The van der Waals surface area contributed by atoms with Crippen molar-refractivity contribution in [2.24, 2.45) is 0 Å². The Morgan fingerprint density at radius 1 is 1.50 bits per heavy atom. The highest BCUT2D eigenvalue weighted by atomic mass is 16.5. The molecule has 60 valence electrons. The summed E-state index contributed by atoms with van der Waals surface area (Å²) in [5, 5.41) is 0. The zero-order chi connectivity index (χ0) is 7.66. The van der Waals surface area contributed by atoms with Crippen LogP contribution in [0.1, 0.15) is 32.6 Å². The first-order valence-electron chi connectivity index (χ1n) is 4.10. The van der Waals surface area contributed by atoms with Crippen LogP contribution in [0.3, 0.4) is 0 Å². The molecule has 0 aromatic rings. The fraction of sp³-hybridized carbons (Fsp3) is 0.778. The summed E-state index contributed by atoms with van der Waals surface area (Å²) >= 11 is 0. The van der Waals surface area contributed by atoms with Gasteiger partial charge >= 0.3 is 0 Å². The molecule has 0 saturated carbocycles. The van der Waals surface area contributed by atoms with Gasteiger partial charge in [0.25, 0.3) is 0 Å². The zero-order valence-corrected chi connectivity index (χ0v) is 6.94. The van der Waals surface area contributed by atoms with Gasteiger partial charge in [0.1, 0.15) is 0 Å². The van der Waals surface area contributed by atoms with Gasteiger partial charge in [0.2, 0.25) is 0 Å². The van der Waals surface area contributed by atoms with E-state index in [-0.39, 0.29) is 0 Å². The first kappa shape index (κ1) is 9.96. The van der Waals surface area contributed by atoms with E-state index >= 15 is 0 Å². The third-order valence-electron chi connectivity index (χ3n) is 1.29. The normalized spacial score (nSPS) is 10.2.